The van der Waals surface area contributed by atoms with Crippen molar-refractivity contribution in [3.63, 3.8) is 0 Å². The summed E-state index contributed by atoms with van der Waals surface area (Å²) in [6.45, 7) is 5.67. The molecule has 0 amide bonds. The van der Waals surface area contributed by atoms with Gasteiger partial charge in [0.2, 0.25) is 0 Å². The molecule has 0 aliphatic heterocycles. The molecule has 0 radical (unpaired) electrons. The summed E-state index contributed by atoms with van der Waals surface area (Å²) in [5.41, 5.74) is 7.76. The van der Waals surface area contributed by atoms with Crippen molar-refractivity contribution in [1.82, 2.24) is 9.36 Å². The summed E-state index contributed by atoms with van der Waals surface area (Å²) in [7, 11) is 0. The molecule has 0 aliphatic rings. The molecule has 0 saturated heterocycles. The Bertz CT molecular complexity index is 532. The van der Waals surface area contributed by atoms with Gasteiger partial charge in [-0.25, -0.2) is 4.98 Å². The van der Waals surface area contributed by atoms with Gasteiger partial charge in [-0.3, -0.25) is 0 Å². The van der Waals surface area contributed by atoms with Gasteiger partial charge in [0.1, 0.15) is 10.8 Å². The van der Waals surface area contributed by atoms with Crippen molar-refractivity contribution in [3.8, 4) is 11.3 Å². The van der Waals surface area contributed by atoms with Crippen LogP contribution in [0.1, 0.15) is 18.4 Å². The van der Waals surface area contributed by atoms with Crippen LogP contribution in [0.3, 0.4) is 0 Å². The van der Waals surface area contributed by atoms with Gasteiger partial charge < -0.3 is 15.7 Å². The first kappa shape index (κ1) is 14.2. The Kier molecular flexibility index (Phi) is 4.73. The lowest BCUT2D eigenvalue weighted by Gasteiger charge is -2.22. The molecule has 0 atom stereocenters. The third-order valence-corrected chi connectivity index (χ3v) is 4.42. The average molecular weight is 298 g/mol. The van der Waals surface area contributed by atoms with E-state index in [0.717, 1.165) is 34.2 Å². The zero-order valence-corrected chi connectivity index (χ0v) is 12.7. The molecule has 5 nitrogen and oxygen atoms in total. The summed E-state index contributed by atoms with van der Waals surface area (Å²) in [5.74, 6) is 0.518. The second-order valence-corrected chi connectivity index (χ2v) is 6.02. The SMILES string of the molecule is CCCN(CCO)c1snc(N)c1-c1csc(C)n1. The molecule has 0 fully saturated rings. The molecule has 2 aromatic rings. The lowest BCUT2D eigenvalue weighted by molar-refractivity contribution is 0.302. The van der Waals surface area contributed by atoms with Crippen LogP contribution in [-0.4, -0.2) is 34.2 Å². The van der Waals surface area contributed by atoms with E-state index in [2.05, 4.69) is 21.2 Å². The first-order chi connectivity index (χ1) is 9.17. The van der Waals surface area contributed by atoms with Gasteiger partial charge in [-0.2, -0.15) is 4.37 Å². The zero-order valence-electron chi connectivity index (χ0n) is 11.1. The van der Waals surface area contributed by atoms with Gasteiger partial charge in [-0.1, -0.05) is 6.92 Å². The van der Waals surface area contributed by atoms with Crippen molar-refractivity contribution >= 4 is 33.7 Å². The van der Waals surface area contributed by atoms with Crippen molar-refractivity contribution in [3.05, 3.63) is 10.4 Å². The number of hydrogen-bond acceptors (Lipinski definition) is 7. The van der Waals surface area contributed by atoms with Crippen LogP contribution in [0.2, 0.25) is 0 Å². The number of rotatable bonds is 6. The molecule has 0 spiro atoms. The Morgan fingerprint density at radius 2 is 2.21 bits per heavy atom. The van der Waals surface area contributed by atoms with Gasteiger partial charge in [0.05, 0.1) is 22.9 Å². The highest BCUT2D eigenvalue weighted by Gasteiger charge is 2.20. The van der Waals surface area contributed by atoms with E-state index < -0.39 is 0 Å². The van der Waals surface area contributed by atoms with Crippen molar-refractivity contribution in [2.75, 3.05) is 30.3 Å². The van der Waals surface area contributed by atoms with Crippen LogP contribution >= 0.6 is 22.9 Å². The molecular weight excluding hydrogens is 280 g/mol. The number of hydrogen-bond donors (Lipinski definition) is 2. The summed E-state index contributed by atoms with van der Waals surface area (Å²) < 4.78 is 4.25. The minimum atomic E-state index is 0.118. The standard InChI is InChI=1S/C12H18N4OS2/c1-3-4-16(5-6-17)12-10(11(13)15-19-12)9-7-18-8(2)14-9/h7,17H,3-6H2,1-2H3,(H2,13,15). The molecule has 0 aliphatic carbocycles. The maximum Gasteiger partial charge on any atom is 0.148 e. The van der Waals surface area contributed by atoms with Crippen LogP contribution < -0.4 is 10.6 Å². The van der Waals surface area contributed by atoms with Crippen LogP contribution in [0.15, 0.2) is 5.38 Å². The number of aliphatic hydroxyl groups is 1. The molecule has 0 bridgehead atoms. The highest BCUT2D eigenvalue weighted by atomic mass is 32.1. The van der Waals surface area contributed by atoms with Gasteiger partial charge in [0, 0.05) is 18.5 Å². The minimum absolute atomic E-state index is 0.118. The lowest BCUT2D eigenvalue weighted by Crippen LogP contribution is -2.27. The van der Waals surface area contributed by atoms with E-state index in [1.54, 1.807) is 11.3 Å². The Hall–Kier alpha value is -1.18. The van der Waals surface area contributed by atoms with Gasteiger partial charge in [0.25, 0.3) is 0 Å². The molecule has 2 aromatic heterocycles. The van der Waals surface area contributed by atoms with E-state index in [9.17, 15) is 5.11 Å². The largest absolute Gasteiger partial charge is 0.395 e. The molecule has 19 heavy (non-hydrogen) atoms. The van der Waals surface area contributed by atoms with Gasteiger partial charge in [-0.05, 0) is 24.9 Å². The molecule has 2 rings (SSSR count). The van der Waals surface area contributed by atoms with E-state index in [1.807, 2.05) is 12.3 Å². The number of aliphatic hydroxyl groups excluding tert-OH is 1. The van der Waals surface area contributed by atoms with Gasteiger partial charge in [-0.15, -0.1) is 11.3 Å². The van der Waals surface area contributed by atoms with E-state index in [-0.39, 0.29) is 6.61 Å². The maximum absolute atomic E-state index is 9.19. The number of nitrogen functional groups attached to an aromatic ring is 1. The second-order valence-electron chi connectivity index (χ2n) is 4.21. The molecule has 104 valence electrons. The second kappa shape index (κ2) is 6.31. The quantitative estimate of drug-likeness (QED) is 0.856. The van der Waals surface area contributed by atoms with Crippen LogP contribution in [0.4, 0.5) is 10.8 Å². The number of aryl methyl sites for hydroxylation is 1. The monoisotopic (exact) mass is 298 g/mol. The fourth-order valence-electron chi connectivity index (χ4n) is 1.93. The number of nitrogens with two attached hydrogens (primary N) is 1. The summed E-state index contributed by atoms with van der Waals surface area (Å²) in [6.07, 6.45) is 1.01. The molecule has 2 heterocycles. The molecule has 0 aromatic carbocycles. The van der Waals surface area contributed by atoms with Gasteiger partial charge in [0.15, 0.2) is 0 Å². The van der Waals surface area contributed by atoms with E-state index in [1.165, 1.54) is 11.5 Å². The van der Waals surface area contributed by atoms with Crippen LogP contribution in [0, 0.1) is 6.92 Å². The molecule has 0 unspecified atom stereocenters. The van der Waals surface area contributed by atoms with Crippen molar-refractivity contribution in [2.24, 2.45) is 0 Å². The van der Waals surface area contributed by atoms with Crippen molar-refractivity contribution in [2.45, 2.75) is 20.3 Å². The lowest BCUT2D eigenvalue weighted by atomic mass is 10.2. The zero-order chi connectivity index (χ0) is 13.8. The van der Waals surface area contributed by atoms with Gasteiger partial charge >= 0.3 is 0 Å². The van der Waals surface area contributed by atoms with Crippen LogP contribution in [-0.2, 0) is 0 Å². The number of anilines is 2. The van der Waals surface area contributed by atoms with Crippen molar-refractivity contribution in [1.29, 1.82) is 0 Å². The highest BCUT2D eigenvalue weighted by Crippen LogP contribution is 2.39. The Labute approximate surface area is 120 Å². The van der Waals surface area contributed by atoms with Crippen LogP contribution in [0.25, 0.3) is 11.3 Å². The van der Waals surface area contributed by atoms with E-state index in [0.29, 0.717) is 12.4 Å². The smallest absolute Gasteiger partial charge is 0.148 e. The molecule has 0 saturated carbocycles. The van der Waals surface area contributed by atoms with Crippen molar-refractivity contribution < 1.29 is 5.11 Å². The Morgan fingerprint density at radius 1 is 1.42 bits per heavy atom. The predicted molar refractivity (Wildman–Crippen MR) is 82.0 cm³/mol. The normalized spacial score (nSPS) is 10.9. The highest BCUT2D eigenvalue weighted by molar-refractivity contribution is 7.11. The molecule has 3 N–H and O–H groups in total. The number of nitrogens with zero attached hydrogens (tertiary/aromatic N) is 3. The number of aromatic nitrogens is 2. The van der Waals surface area contributed by atoms with Crippen LogP contribution in [0.5, 0.6) is 0 Å². The predicted octanol–water partition coefficient (Wildman–Crippen LogP) is 2.37. The molecule has 7 heteroatoms. The van der Waals surface area contributed by atoms with E-state index in [4.69, 9.17) is 5.73 Å². The molecular formula is C12H18N4OS2. The maximum atomic E-state index is 9.19. The first-order valence-corrected chi connectivity index (χ1v) is 7.86. The fourth-order valence-corrected chi connectivity index (χ4v) is 3.41. The fraction of sp³-hybridized carbons (Fsp3) is 0.500. The van der Waals surface area contributed by atoms with E-state index >= 15 is 0 Å². The summed E-state index contributed by atoms with van der Waals surface area (Å²) >= 11 is 2.97. The summed E-state index contributed by atoms with van der Waals surface area (Å²) in [6, 6.07) is 0. The number of thiazole rings is 1. The topological polar surface area (TPSA) is 75.3 Å². The third-order valence-electron chi connectivity index (χ3n) is 2.73. The Balaban J connectivity index is 2.40. The Morgan fingerprint density at radius 3 is 2.79 bits per heavy atom. The first-order valence-electron chi connectivity index (χ1n) is 6.20. The summed E-state index contributed by atoms with van der Waals surface area (Å²) in [5, 5.41) is 13.2. The average Bonchev–Trinajstić information content (AvgIpc) is 2.95. The summed E-state index contributed by atoms with van der Waals surface area (Å²) in [4.78, 5) is 6.62. The minimum Gasteiger partial charge on any atom is -0.395 e. The third kappa shape index (κ3) is 3.05.